The van der Waals surface area contributed by atoms with Crippen LogP contribution in [-0.4, -0.2) is 47.9 Å². The first-order valence-corrected chi connectivity index (χ1v) is 6.70. The van der Waals surface area contributed by atoms with Gasteiger partial charge in [-0.25, -0.2) is 0 Å². The van der Waals surface area contributed by atoms with Crippen molar-refractivity contribution in [3.8, 4) is 0 Å². The predicted octanol–water partition coefficient (Wildman–Crippen LogP) is 0.969. The Morgan fingerprint density at radius 3 is 2.71 bits per heavy atom. The molecular weight excluding hydrogens is 276 g/mol. The van der Waals surface area contributed by atoms with Crippen molar-refractivity contribution in [2.75, 3.05) is 20.1 Å². The summed E-state index contributed by atoms with van der Waals surface area (Å²) in [6.45, 7) is 1.94. The van der Waals surface area contributed by atoms with Gasteiger partial charge in [0.25, 0.3) is 5.91 Å². The Kier molecular flexibility index (Phi) is 6.45. The zero-order chi connectivity index (χ0) is 15.8. The number of carboxylic acids is 1. The molecule has 1 aromatic rings. The Labute approximate surface area is 122 Å². The fourth-order valence-electron chi connectivity index (χ4n) is 1.69. The number of furan rings is 1. The van der Waals surface area contributed by atoms with Crippen LogP contribution in [0.1, 0.15) is 30.3 Å². The van der Waals surface area contributed by atoms with E-state index in [2.05, 4.69) is 5.32 Å². The van der Waals surface area contributed by atoms with Crippen LogP contribution in [0.3, 0.4) is 0 Å². The molecule has 116 valence electrons. The highest BCUT2D eigenvalue weighted by atomic mass is 16.4. The van der Waals surface area contributed by atoms with Gasteiger partial charge in [-0.3, -0.25) is 14.4 Å². The molecule has 0 bridgehead atoms. The zero-order valence-electron chi connectivity index (χ0n) is 12.2. The van der Waals surface area contributed by atoms with Crippen molar-refractivity contribution in [1.29, 1.82) is 0 Å². The molecule has 0 aliphatic carbocycles. The minimum atomic E-state index is -0.842. The van der Waals surface area contributed by atoms with Crippen LogP contribution < -0.4 is 5.32 Å². The molecule has 0 saturated carbocycles. The van der Waals surface area contributed by atoms with Gasteiger partial charge in [-0.1, -0.05) is 6.92 Å². The molecule has 0 aliphatic rings. The predicted molar refractivity (Wildman–Crippen MR) is 74.7 cm³/mol. The minimum Gasteiger partial charge on any atom is -0.481 e. The molecule has 2 amide bonds. The number of nitrogens with zero attached hydrogens (tertiary/aromatic N) is 1. The number of carboxylic acid groups (broad SMARTS) is 1. The second kappa shape index (κ2) is 8.08. The van der Waals surface area contributed by atoms with Crippen LogP contribution in [0.4, 0.5) is 0 Å². The molecule has 0 spiro atoms. The van der Waals surface area contributed by atoms with Crippen molar-refractivity contribution in [3.63, 3.8) is 0 Å². The summed E-state index contributed by atoms with van der Waals surface area (Å²) in [7, 11) is 1.51. The standard InChI is InChI=1S/C14H20N2O5/c1-10(14(19)20)5-3-7-15-12(17)9-16(2)13(18)11-6-4-8-21-11/h4,6,8,10H,3,5,7,9H2,1-2H3,(H,15,17)(H,19,20). The van der Waals surface area contributed by atoms with Crippen LogP contribution in [0, 0.1) is 5.92 Å². The number of carbonyl (C=O) groups excluding carboxylic acids is 2. The van der Waals surface area contributed by atoms with Gasteiger partial charge in [0.2, 0.25) is 5.91 Å². The maximum absolute atomic E-state index is 11.8. The molecule has 7 nitrogen and oxygen atoms in total. The summed E-state index contributed by atoms with van der Waals surface area (Å²) in [6, 6.07) is 3.13. The molecular formula is C14H20N2O5. The molecule has 0 radical (unpaired) electrons. The minimum absolute atomic E-state index is 0.0754. The Morgan fingerprint density at radius 2 is 2.14 bits per heavy atom. The molecule has 7 heteroatoms. The summed E-state index contributed by atoms with van der Waals surface area (Å²) in [4.78, 5) is 35.4. The summed E-state index contributed by atoms with van der Waals surface area (Å²) in [5, 5.41) is 11.4. The largest absolute Gasteiger partial charge is 0.481 e. The quantitative estimate of drug-likeness (QED) is 0.696. The lowest BCUT2D eigenvalue weighted by molar-refractivity contribution is -0.141. The van der Waals surface area contributed by atoms with Crippen LogP contribution in [0.5, 0.6) is 0 Å². The molecule has 1 unspecified atom stereocenters. The molecule has 1 aromatic heterocycles. The molecule has 2 N–H and O–H groups in total. The van der Waals surface area contributed by atoms with Gasteiger partial charge in [0.15, 0.2) is 5.76 Å². The summed E-state index contributed by atoms with van der Waals surface area (Å²) in [5.74, 6) is -1.74. The number of amides is 2. The molecule has 0 fully saturated rings. The average molecular weight is 296 g/mol. The topological polar surface area (TPSA) is 99.9 Å². The molecule has 1 heterocycles. The van der Waals surface area contributed by atoms with Gasteiger partial charge < -0.3 is 19.7 Å². The number of likely N-dealkylation sites (N-methyl/N-ethyl adjacent to an activating group) is 1. The highest BCUT2D eigenvalue weighted by molar-refractivity contribution is 5.94. The summed E-state index contributed by atoms with van der Waals surface area (Å²) in [5.41, 5.74) is 0. The van der Waals surface area contributed by atoms with Crippen LogP contribution in [0.2, 0.25) is 0 Å². The van der Waals surface area contributed by atoms with Crippen LogP contribution >= 0.6 is 0 Å². The normalized spacial score (nSPS) is 11.7. The van der Waals surface area contributed by atoms with Gasteiger partial charge in [-0.05, 0) is 25.0 Å². The number of nitrogens with one attached hydrogen (secondary N) is 1. The van der Waals surface area contributed by atoms with E-state index >= 15 is 0 Å². The maximum atomic E-state index is 11.8. The van der Waals surface area contributed by atoms with E-state index in [0.717, 1.165) is 0 Å². The highest BCUT2D eigenvalue weighted by Gasteiger charge is 2.17. The third kappa shape index (κ3) is 5.68. The van der Waals surface area contributed by atoms with Gasteiger partial charge in [0.1, 0.15) is 0 Å². The maximum Gasteiger partial charge on any atom is 0.306 e. The first-order chi connectivity index (χ1) is 9.91. The molecule has 0 aromatic carbocycles. The smallest absolute Gasteiger partial charge is 0.306 e. The van der Waals surface area contributed by atoms with Crippen molar-refractivity contribution < 1.29 is 23.9 Å². The summed E-state index contributed by atoms with van der Waals surface area (Å²) < 4.78 is 4.97. The second-order valence-corrected chi connectivity index (χ2v) is 4.87. The van der Waals surface area contributed by atoms with Gasteiger partial charge >= 0.3 is 5.97 Å². The van der Waals surface area contributed by atoms with E-state index in [4.69, 9.17) is 9.52 Å². The zero-order valence-corrected chi connectivity index (χ0v) is 12.2. The SMILES string of the molecule is CC(CCCNC(=O)CN(C)C(=O)c1ccco1)C(=O)O. The Bertz CT molecular complexity index is 484. The van der Waals surface area contributed by atoms with Crippen LogP contribution in [0.25, 0.3) is 0 Å². The molecule has 21 heavy (non-hydrogen) atoms. The Morgan fingerprint density at radius 1 is 1.43 bits per heavy atom. The van der Waals surface area contributed by atoms with Crippen molar-refractivity contribution in [2.45, 2.75) is 19.8 Å². The monoisotopic (exact) mass is 296 g/mol. The third-order valence-electron chi connectivity index (χ3n) is 3.02. The van der Waals surface area contributed by atoms with E-state index in [1.54, 1.807) is 13.0 Å². The molecule has 0 saturated heterocycles. The van der Waals surface area contributed by atoms with Gasteiger partial charge in [-0.15, -0.1) is 0 Å². The fraction of sp³-hybridized carbons (Fsp3) is 0.500. The molecule has 1 atom stereocenters. The first-order valence-electron chi connectivity index (χ1n) is 6.70. The van der Waals surface area contributed by atoms with E-state index < -0.39 is 11.9 Å². The summed E-state index contributed by atoms with van der Waals surface area (Å²) in [6.07, 6.45) is 2.47. The fourth-order valence-corrected chi connectivity index (χ4v) is 1.69. The lowest BCUT2D eigenvalue weighted by Crippen LogP contribution is -2.38. The van der Waals surface area contributed by atoms with Gasteiger partial charge in [0, 0.05) is 13.6 Å². The number of aliphatic carboxylic acids is 1. The number of carbonyl (C=O) groups is 3. The third-order valence-corrected chi connectivity index (χ3v) is 3.02. The first kappa shape index (κ1) is 16.7. The van der Waals surface area contributed by atoms with E-state index in [1.165, 1.54) is 24.3 Å². The van der Waals surface area contributed by atoms with Gasteiger partial charge in [-0.2, -0.15) is 0 Å². The van der Waals surface area contributed by atoms with Crippen molar-refractivity contribution in [3.05, 3.63) is 24.2 Å². The van der Waals surface area contributed by atoms with Crippen molar-refractivity contribution in [2.24, 2.45) is 5.92 Å². The number of hydrogen-bond donors (Lipinski definition) is 2. The highest BCUT2D eigenvalue weighted by Crippen LogP contribution is 2.05. The van der Waals surface area contributed by atoms with Crippen molar-refractivity contribution in [1.82, 2.24) is 10.2 Å². The average Bonchev–Trinajstić information content (AvgIpc) is 2.96. The van der Waals surface area contributed by atoms with E-state index in [-0.39, 0.29) is 24.1 Å². The van der Waals surface area contributed by atoms with E-state index in [0.29, 0.717) is 19.4 Å². The Hall–Kier alpha value is -2.31. The molecule has 1 rings (SSSR count). The van der Waals surface area contributed by atoms with Crippen molar-refractivity contribution >= 4 is 17.8 Å². The van der Waals surface area contributed by atoms with Crippen LogP contribution in [0.15, 0.2) is 22.8 Å². The van der Waals surface area contributed by atoms with E-state index in [1.807, 2.05) is 0 Å². The summed E-state index contributed by atoms with van der Waals surface area (Å²) >= 11 is 0. The number of rotatable bonds is 8. The Balaban J connectivity index is 2.24. The lowest BCUT2D eigenvalue weighted by Gasteiger charge is -2.15. The molecule has 0 aliphatic heterocycles. The second-order valence-electron chi connectivity index (χ2n) is 4.87. The van der Waals surface area contributed by atoms with E-state index in [9.17, 15) is 14.4 Å². The van der Waals surface area contributed by atoms with Gasteiger partial charge in [0.05, 0.1) is 18.7 Å². The number of hydrogen-bond acceptors (Lipinski definition) is 4. The van der Waals surface area contributed by atoms with Crippen LogP contribution in [-0.2, 0) is 9.59 Å². The lowest BCUT2D eigenvalue weighted by atomic mass is 10.1.